The number of likely N-dealkylation sites (tertiary alicyclic amines) is 1. The molecule has 13 heavy (non-hydrogen) atoms. The van der Waals surface area contributed by atoms with E-state index in [9.17, 15) is 13.2 Å². The number of rotatable bonds is 3. The van der Waals surface area contributed by atoms with Crippen LogP contribution in [-0.4, -0.2) is 57.4 Å². The molecule has 0 spiro atoms. The van der Waals surface area contributed by atoms with Gasteiger partial charge in [-0.25, -0.2) is 8.42 Å². The van der Waals surface area contributed by atoms with Gasteiger partial charge < -0.3 is 10.2 Å². The Morgan fingerprint density at radius 3 is 2.46 bits per heavy atom. The quantitative estimate of drug-likeness (QED) is 0.608. The van der Waals surface area contributed by atoms with E-state index >= 15 is 0 Å². The van der Waals surface area contributed by atoms with Gasteiger partial charge in [0.05, 0.1) is 0 Å². The smallest absolute Gasteiger partial charge is 0.237 e. The van der Waals surface area contributed by atoms with Crippen LogP contribution >= 0.6 is 0 Å². The summed E-state index contributed by atoms with van der Waals surface area (Å²) < 4.78 is 21.5. The molecule has 0 radical (unpaired) electrons. The summed E-state index contributed by atoms with van der Waals surface area (Å²) in [5.74, 6) is -0.669. The fourth-order valence-corrected chi connectivity index (χ4v) is 1.81. The molecule has 1 amide bonds. The second-order valence-electron chi connectivity index (χ2n) is 3.35. The molecule has 0 aromatic rings. The lowest BCUT2D eigenvalue weighted by Gasteiger charge is -2.38. The van der Waals surface area contributed by atoms with E-state index < -0.39 is 9.84 Å². The van der Waals surface area contributed by atoms with Gasteiger partial charge in [-0.05, 0) is 7.05 Å². The zero-order valence-corrected chi connectivity index (χ0v) is 8.60. The second-order valence-corrected chi connectivity index (χ2v) is 5.49. The van der Waals surface area contributed by atoms with Gasteiger partial charge in [0.15, 0.2) is 9.84 Å². The monoisotopic (exact) mass is 206 g/mol. The van der Waals surface area contributed by atoms with Crippen LogP contribution in [0.2, 0.25) is 0 Å². The third kappa shape index (κ3) is 2.96. The van der Waals surface area contributed by atoms with Gasteiger partial charge in [0.25, 0.3) is 0 Å². The molecule has 1 aliphatic rings. The zero-order valence-electron chi connectivity index (χ0n) is 7.78. The van der Waals surface area contributed by atoms with E-state index in [0.717, 1.165) is 6.26 Å². The van der Waals surface area contributed by atoms with Crippen LogP contribution in [0.25, 0.3) is 0 Å². The molecule has 0 aromatic heterocycles. The van der Waals surface area contributed by atoms with Crippen LogP contribution in [0.4, 0.5) is 0 Å². The van der Waals surface area contributed by atoms with Crippen molar-refractivity contribution in [1.29, 1.82) is 0 Å². The highest BCUT2D eigenvalue weighted by Crippen LogP contribution is 2.07. The van der Waals surface area contributed by atoms with Crippen molar-refractivity contribution in [2.24, 2.45) is 0 Å². The van der Waals surface area contributed by atoms with Gasteiger partial charge in [-0.15, -0.1) is 0 Å². The number of likely N-dealkylation sites (N-methyl/N-ethyl adjacent to an activating group) is 1. The Labute approximate surface area is 78.0 Å². The van der Waals surface area contributed by atoms with Crippen molar-refractivity contribution in [3.05, 3.63) is 0 Å². The maximum absolute atomic E-state index is 11.2. The number of amides is 1. The summed E-state index contributed by atoms with van der Waals surface area (Å²) in [5.41, 5.74) is 0. The van der Waals surface area contributed by atoms with Crippen LogP contribution in [0, 0.1) is 0 Å². The third-order valence-electron chi connectivity index (χ3n) is 2.03. The van der Waals surface area contributed by atoms with E-state index in [1.54, 1.807) is 4.90 Å². The highest BCUT2D eigenvalue weighted by molar-refractivity contribution is 7.91. The van der Waals surface area contributed by atoms with Crippen molar-refractivity contribution >= 4 is 15.7 Å². The number of carbonyl (C=O) groups is 1. The van der Waals surface area contributed by atoms with Gasteiger partial charge in [0.1, 0.15) is 5.75 Å². The van der Waals surface area contributed by atoms with E-state index in [4.69, 9.17) is 0 Å². The highest BCUT2D eigenvalue weighted by Gasteiger charge is 2.30. The van der Waals surface area contributed by atoms with E-state index in [1.165, 1.54) is 0 Å². The van der Waals surface area contributed by atoms with Crippen molar-refractivity contribution < 1.29 is 13.2 Å². The summed E-state index contributed by atoms with van der Waals surface area (Å²) in [5, 5.41) is 3.01. The largest absolute Gasteiger partial charge is 0.339 e. The molecule has 5 nitrogen and oxygen atoms in total. The lowest BCUT2D eigenvalue weighted by molar-refractivity contribution is -0.133. The summed E-state index contributed by atoms with van der Waals surface area (Å²) in [7, 11) is -1.36. The SMILES string of the molecule is CNC1CN(C(=O)CS(C)(=O)=O)C1. The molecular formula is C7H14N2O3S. The minimum Gasteiger partial charge on any atom is -0.339 e. The van der Waals surface area contributed by atoms with Gasteiger partial charge in [0.2, 0.25) is 5.91 Å². The molecule has 1 fully saturated rings. The van der Waals surface area contributed by atoms with Crippen LogP contribution in [0.3, 0.4) is 0 Å². The number of nitrogens with one attached hydrogen (secondary N) is 1. The molecule has 6 heteroatoms. The molecule has 0 aromatic carbocycles. The minimum absolute atomic E-state index is 0.297. The summed E-state index contributed by atoms with van der Waals surface area (Å²) in [6, 6.07) is 0.323. The number of nitrogens with zero attached hydrogens (tertiary/aromatic N) is 1. The van der Waals surface area contributed by atoms with Gasteiger partial charge in [0, 0.05) is 25.4 Å². The first-order chi connectivity index (χ1) is 5.92. The highest BCUT2D eigenvalue weighted by atomic mass is 32.2. The third-order valence-corrected chi connectivity index (χ3v) is 2.80. The Morgan fingerprint density at radius 2 is 2.08 bits per heavy atom. The average Bonchev–Trinajstić information content (AvgIpc) is 1.79. The number of carbonyl (C=O) groups excluding carboxylic acids is 1. The minimum atomic E-state index is -3.18. The lowest BCUT2D eigenvalue weighted by atomic mass is 10.1. The predicted octanol–water partition coefficient (Wildman–Crippen LogP) is -1.54. The summed E-state index contributed by atoms with van der Waals surface area (Å²) in [6.07, 6.45) is 1.07. The summed E-state index contributed by atoms with van der Waals surface area (Å²) in [4.78, 5) is 12.8. The molecule has 1 N–H and O–H groups in total. The van der Waals surface area contributed by atoms with Gasteiger partial charge in [-0.1, -0.05) is 0 Å². The zero-order chi connectivity index (χ0) is 10.1. The van der Waals surface area contributed by atoms with Crippen LogP contribution in [0.1, 0.15) is 0 Å². The molecular weight excluding hydrogens is 192 g/mol. The number of sulfone groups is 1. The van der Waals surface area contributed by atoms with E-state index in [2.05, 4.69) is 5.32 Å². The Bertz CT molecular complexity index is 293. The van der Waals surface area contributed by atoms with Crippen LogP contribution in [0.5, 0.6) is 0 Å². The topological polar surface area (TPSA) is 66.5 Å². The average molecular weight is 206 g/mol. The molecule has 0 aliphatic carbocycles. The first-order valence-electron chi connectivity index (χ1n) is 4.05. The Balaban J connectivity index is 2.36. The molecule has 76 valence electrons. The normalized spacial score (nSPS) is 18.5. The molecule has 0 saturated carbocycles. The lowest BCUT2D eigenvalue weighted by Crippen LogP contribution is -2.59. The van der Waals surface area contributed by atoms with Gasteiger partial charge in [-0.3, -0.25) is 4.79 Å². The fourth-order valence-electron chi connectivity index (χ4n) is 1.18. The fraction of sp³-hybridized carbons (Fsp3) is 0.857. The van der Waals surface area contributed by atoms with E-state index in [-0.39, 0.29) is 11.7 Å². The molecule has 1 heterocycles. The standard InChI is InChI=1S/C7H14N2O3S/c1-8-6-3-9(4-6)7(10)5-13(2,11)12/h6,8H,3-5H2,1-2H3. The number of hydrogen-bond donors (Lipinski definition) is 1. The van der Waals surface area contributed by atoms with E-state index in [0.29, 0.717) is 19.1 Å². The molecule has 1 aliphatic heterocycles. The van der Waals surface area contributed by atoms with Gasteiger partial charge >= 0.3 is 0 Å². The first kappa shape index (κ1) is 10.5. The Kier molecular flexibility index (Phi) is 2.92. The summed E-state index contributed by atoms with van der Waals surface area (Å²) >= 11 is 0. The van der Waals surface area contributed by atoms with Gasteiger partial charge in [-0.2, -0.15) is 0 Å². The van der Waals surface area contributed by atoms with E-state index in [1.807, 2.05) is 7.05 Å². The Morgan fingerprint density at radius 1 is 1.54 bits per heavy atom. The second kappa shape index (κ2) is 3.63. The van der Waals surface area contributed by atoms with Crippen molar-refractivity contribution in [1.82, 2.24) is 10.2 Å². The molecule has 0 bridgehead atoms. The first-order valence-corrected chi connectivity index (χ1v) is 6.11. The van der Waals surface area contributed by atoms with Crippen molar-refractivity contribution in [2.75, 3.05) is 32.1 Å². The molecule has 0 atom stereocenters. The van der Waals surface area contributed by atoms with Crippen LogP contribution in [-0.2, 0) is 14.6 Å². The Hall–Kier alpha value is -0.620. The number of hydrogen-bond acceptors (Lipinski definition) is 4. The molecule has 1 rings (SSSR count). The van der Waals surface area contributed by atoms with Crippen molar-refractivity contribution in [2.45, 2.75) is 6.04 Å². The molecule has 1 saturated heterocycles. The maximum Gasteiger partial charge on any atom is 0.237 e. The van der Waals surface area contributed by atoms with Crippen molar-refractivity contribution in [3.8, 4) is 0 Å². The summed E-state index contributed by atoms with van der Waals surface area (Å²) in [6.45, 7) is 1.23. The maximum atomic E-state index is 11.2. The predicted molar refractivity (Wildman–Crippen MR) is 49.1 cm³/mol. The van der Waals surface area contributed by atoms with Crippen LogP contribution < -0.4 is 5.32 Å². The molecule has 0 unspecified atom stereocenters. The van der Waals surface area contributed by atoms with Crippen molar-refractivity contribution in [3.63, 3.8) is 0 Å². The van der Waals surface area contributed by atoms with Crippen LogP contribution in [0.15, 0.2) is 0 Å².